The van der Waals surface area contributed by atoms with Gasteiger partial charge in [-0.3, -0.25) is 4.79 Å². The molecule has 0 spiro atoms. The molecule has 1 N–H and O–H groups in total. The number of nitrogens with one attached hydrogen (secondary N) is 1. The maximum atomic E-state index is 12.3. The summed E-state index contributed by atoms with van der Waals surface area (Å²) < 4.78 is 33.0. The zero-order valence-corrected chi connectivity index (χ0v) is 17.0. The quantitative estimate of drug-likeness (QED) is 0.764. The number of ether oxygens (including phenoxy) is 1. The number of hydrogen-bond acceptors (Lipinski definition) is 4. The molecular weight excluding hydrogens is 366 g/mol. The van der Waals surface area contributed by atoms with E-state index in [1.54, 1.807) is 38.4 Å². The molecule has 1 aromatic carbocycles. The van der Waals surface area contributed by atoms with Crippen LogP contribution in [0.15, 0.2) is 24.3 Å². The first kappa shape index (κ1) is 20.1. The molecule has 1 aromatic rings. The largest absolute Gasteiger partial charge is 0.490 e. The van der Waals surface area contributed by atoms with Gasteiger partial charge in [-0.05, 0) is 62.8 Å². The van der Waals surface area contributed by atoms with E-state index in [2.05, 4.69) is 12.2 Å². The van der Waals surface area contributed by atoms with E-state index in [-0.39, 0.29) is 18.1 Å². The van der Waals surface area contributed by atoms with Crippen LogP contribution in [0.2, 0.25) is 0 Å². The molecule has 1 aliphatic carbocycles. The molecule has 2 aliphatic rings. The third kappa shape index (κ3) is 5.00. The van der Waals surface area contributed by atoms with E-state index in [1.165, 1.54) is 21.5 Å². The number of carbonyl (C=O) groups excluding carboxylic acids is 1. The first-order chi connectivity index (χ1) is 12.8. The van der Waals surface area contributed by atoms with E-state index in [9.17, 15) is 13.2 Å². The van der Waals surface area contributed by atoms with Crippen molar-refractivity contribution in [1.29, 1.82) is 0 Å². The number of amides is 1. The highest BCUT2D eigenvalue weighted by molar-refractivity contribution is 7.86. The Bertz CT molecular complexity index is 752. The maximum absolute atomic E-state index is 12.3. The van der Waals surface area contributed by atoms with Crippen molar-refractivity contribution in [3.63, 3.8) is 0 Å². The van der Waals surface area contributed by atoms with E-state index < -0.39 is 10.2 Å². The van der Waals surface area contributed by atoms with Crippen molar-refractivity contribution in [2.45, 2.75) is 44.8 Å². The van der Waals surface area contributed by atoms with Crippen LogP contribution in [0, 0.1) is 5.92 Å². The highest BCUT2D eigenvalue weighted by Gasteiger charge is 2.31. The summed E-state index contributed by atoms with van der Waals surface area (Å²) in [5.74, 6) is 1.28. The van der Waals surface area contributed by atoms with Gasteiger partial charge in [-0.1, -0.05) is 0 Å². The van der Waals surface area contributed by atoms with Gasteiger partial charge < -0.3 is 10.1 Å². The zero-order valence-electron chi connectivity index (χ0n) is 16.2. The minimum atomic E-state index is -3.36. The zero-order chi connectivity index (χ0) is 19.6. The van der Waals surface area contributed by atoms with Crippen molar-refractivity contribution >= 4 is 16.1 Å². The van der Waals surface area contributed by atoms with E-state index in [4.69, 9.17) is 4.74 Å². The Morgan fingerprint density at radius 3 is 2.26 bits per heavy atom. The van der Waals surface area contributed by atoms with Gasteiger partial charge in [0.1, 0.15) is 11.9 Å². The normalized spacial score (nSPS) is 20.4. The van der Waals surface area contributed by atoms with Gasteiger partial charge in [0, 0.05) is 38.8 Å². The van der Waals surface area contributed by atoms with Crippen LogP contribution in [0.4, 0.5) is 0 Å². The predicted molar refractivity (Wildman–Crippen MR) is 104 cm³/mol. The Labute approximate surface area is 161 Å². The Balaban J connectivity index is 1.50. The highest BCUT2D eigenvalue weighted by atomic mass is 32.2. The maximum Gasteiger partial charge on any atom is 0.281 e. The van der Waals surface area contributed by atoms with Gasteiger partial charge in [-0.15, -0.1) is 0 Å². The van der Waals surface area contributed by atoms with E-state index in [1.807, 2.05) is 0 Å². The van der Waals surface area contributed by atoms with Crippen molar-refractivity contribution in [1.82, 2.24) is 13.9 Å². The number of carbonyl (C=O) groups is 1. The van der Waals surface area contributed by atoms with Gasteiger partial charge in [-0.2, -0.15) is 17.0 Å². The van der Waals surface area contributed by atoms with Crippen molar-refractivity contribution < 1.29 is 17.9 Å². The van der Waals surface area contributed by atoms with Crippen LogP contribution < -0.4 is 10.1 Å². The van der Waals surface area contributed by atoms with Crippen LogP contribution in [-0.4, -0.2) is 62.3 Å². The predicted octanol–water partition coefficient (Wildman–Crippen LogP) is 1.86. The molecule has 1 heterocycles. The molecule has 3 rings (SSSR count). The summed E-state index contributed by atoms with van der Waals surface area (Å²) in [7, 11) is -0.271. The summed E-state index contributed by atoms with van der Waals surface area (Å²) >= 11 is 0. The monoisotopic (exact) mass is 395 g/mol. The minimum absolute atomic E-state index is 0.0202. The molecule has 8 heteroatoms. The summed E-state index contributed by atoms with van der Waals surface area (Å²) in [6.07, 6.45) is 3.67. The average Bonchev–Trinajstić information content (AvgIpc) is 3.48. The smallest absolute Gasteiger partial charge is 0.281 e. The molecule has 1 aliphatic heterocycles. The minimum Gasteiger partial charge on any atom is -0.490 e. The third-order valence-corrected chi connectivity index (χ3v) is 7.24. The van der Waals surface area contributed by atoms with E-state index >= 15 is 0 Å². The molecular formula is C19H29N3O4S. The van der Waals surface area contributed by atoms with Crippen LogP contribution in [0.5, 0.6) is 5.75 Å². The lowest BCUT2D eigenvalue weighted by molar-refractivity contribution is 0.0935. The third-order valence-electron chi connectivity index (χ3n) is 5.30. The van der Waals surface area contributed by atoms with E-state index in [0.717, 1.165) is 0 Å². The number of nitrogens with zero attached hydrogens (tertiary/aromatic N) is 2. The molecule has 2 fully saturated rings. The van der Waals surface area contributed by atoms with Crippen LogP contribution in [0.3, 0.4) is 0 Å². The van der Waals surface area contributed by atoms with Crippen LogP contribution >= 0.6 is 0 Å². The van der Waals surface area contributed by atoms with Crippen molar-refractivity contribution in [3.8, 4) is 5.75 Å². The topological polar surface area (TPSA) is 79.0 Å². The van der Waals surface area contributed by atoms with Gasteiger partial charge in [0.05, 0.1) is 0 Å². The Morgan fingerprint density at radius 2 is 1.74 bits per heavy atom. The standard InChI is InChI=1S/C19H29N3O4S/c1-14(15-4-5-15)20-19(23)16-6-8-17(9-7-16)26-18-10-12-22(13-11-18)27(24,25)21(2)3/h6-9,14-15,18H,4-5,10-13H2,1-3H3,(H,20,23)/t14-/m0/s1. The van der Waals surface area contributed by atoms with Gasteiger partial charge in [0.25, 0.3) is 16.1 Å². The molecule has 27 heavy (non-hydrogen) atoms. The first-order valence-corrected chi connectivity index (χ1v) is 10.9. The number of hydrogen-bond donors (Lipinski definition) is 1. The van der Waals surface area contributed by atoms with Crippen LogP contribution in [0.25, 0.3) is 0 Å². The SMILES string of the molecule is C[C@H](NC(=O)c1ccc(OC2CCN(S(=O)(=O)N(C)C)CC2)cc1)C1CC1. The fraction of sp³-hybridized carbons (Fsp3) is 0.632. The molecule has 1 saturated carbocycles. The van der Waals surface area contributed by atoms with Crippen LogP contribution in [0.1, 0.15) is 43.0 Å². The van der Waals surface area contributed by atoms with Crippen molar-refractivity contribution in [2.75, 3.05) is 27.2 Å². The number of piperidine rings is 1. The lowest BCUT2D eigenvalue weighted by Crippen LogP contribution is -2.46. The second-order valence-corrected chi connectivity index (χ2v) is 9.77. The molecule has 0 unspecified atom stereocenters. The fourth-order valence-electron chi connectivity index (χ4n) is 3.29. The second kappa shape index (κ2) is 8.16. The van der Waals surface area contributed by atoms with Gasteiger partial charge in [-0.25, -0.2) is 0 Å². The lowest BCUT2D eigenvalue weighted by Gasteiger charge is -2.32. The highest BCUT2D eigenvalue weighted by Crippen LogP contribution is 2.32. The summed E-state index contributed by atoms with van der Waals surface area (Å²) in [5.41, 5.74) is 0.627. The molecule has 0 radical (unpaired) electrons. The molecule has 1 atom stereocenters. The Hall–Kier alpha value is -1.64. The summed E-state index contributed by atoms with van der Waals surface area (Å²) in [5, 5.41) is 3.04. The molecule has 1 amide bonds. The van der Waals surface area contributed by atoms with Gasteiger partial charge in [0.2, 0.25) is 0 Å². The lowest BCUT2D eigenvalue weighted by atomic mass is 10.1. The average molecular weight is 396 g/mol. The second-order valence-electron chi connectivity index (χ2n) is 7.63. The fourth-order valence-corrected chi connectivity index (χ4v) is 4.43. The van der Waals surface area contributed by atoms with Crippen molar-refractivity contribution in [2.24, 2.45) is 5.92 Å². The first-order valence-electron chi connectivity index (χ1n) is 9.52. The van der Waals surface area contributed by atoms with Crippen molar-refractivity contribution in [3.05, 3.63) is 29.8 Å². The number of benzene rings is 1. The Morgan fingerprint density at radius 1 is 1.15 bits per heavy atom. The number of rotatable bonds is 7. The van der Waals surface area contributed by atoms with Gasteiger partial charge >= 0.3 is 0 Å². The molecule has 150 valence electrons. The molecule has 0 bridgehead atoms. The summed E-state index contributed by atoms with van der Waals surface area (Å²) in [4.78, 5) is 12.3. The molecule has 7 nitrogen and oxygen atoms in total. The summed E-state index contributed by atoms with van der Waals surface area (Å²) in [6.45, 7) is 2.95. The summed E-state index contributed by atoms with van der Waals surface area (Å²) in [6, 6.07) is 7.38. The Kier molecular flexibility index (Phi) is 6.08. The van der Waals surface area contributed by atoms with Crippen LogP contribution in [-0.2, 0) is 10.2 Å². The molecule has 0 aromatic heterocycles. The van der Waals surface area contributed by atoms with Gasteiger partial charge in [0.15, 0.2) is 0 Å². The van der Waals surface area contributed by atoms with E-state index in [0.29, 0.717) is 43.2 Å². The molecule has 1 saturated heterocycles.